The molecule has 3 nitrogen and oxygen atoms in total. The lowest BCUT2D eigenvalue weighted by Gasteiger charge is -2.38. The molecule has 0 aromatic carbocycles. The number of nitrogens with one attached hydrogen (secondary N) is 1. The molecule has 2 aliphatic rings. The molecule has 0 spiro atoms. The van der Waals surface area contributed by atoms with Crippen molar-refractivity contribution < 1.29 is 0 Å². The maximum atomic E-state index is 4.75. The van der Waals surface area contributed by atoms with Gasteiger partial charge < -0.3 is 10.2 Å². The second-order valence-corrected chi connectivity index (χ2v) is 6.32. The minimum Gasteiger partial charge on any atom is -0.353 e. The van der Waals surface area contributed by atoms with E-state index in [0.717, 1.165) is 18.5 Å². The van der Waals surface area contributed by atoms with E-state index in [4.69, 9.17) is 4.98 Å². The molecule has 3 rings (SSSR count). The summed E-state index contributed by atoms with van der Waals surface area (Å²) in [5.41, 5.74) is 1.29. The average Bonchev–Trinajstić information content (AvgIpc) is 2.96. The van der Waals surface area contributed by atoms with Crippen LogP contribution >= 0.6 is 0 Å². The largest absolute Gasteiger partial charge is 0.353 e. The van der Waals surface area contributed by atoms with Crippen molar-refractivity contribution in [2.45, 2.75) is 58.0 Å². The SMILES string of the molecule is CCNC(C)c1ccc(N2CCCC3CCCC32)nc1. The summed E-state index contributed by atoms with van der Waals surface area (Å²) in [4.78, 5) is 7.32. The van der Waals surface area contributed by atoms with Crippen LogP contribution in [0.3, 0.4) is 0 Å². The number of pyridine rings is 1. The molecule has 1 aromatic heterocycles. The smallest absolute Gasteiger partial charge is 0.128 e. The number of hydrogen-bond acceptors (Lipinski definition) is 3. The van der Waals surface area contributed by atoms with Gasteiger partial charge in [-0.3, -0.25) is 0 Å². The fourth-order valence-electron chi connectivity index (χ4n) is 3.99. The number of fused-ring (bicyclic) bond motifs is 1. The number of aromatic nitrogens is 1. The second kappa shape index (κ2) is 6.13. The zero-order valence-electron chi connectivity index (χ0n) is 12.8. The number of rotatable bonds is 4. The summed E-state index contributed by atoms with van der Waals surface area (Å²) < 4.78 is 0. The zero-order valence-corrected chi connectivity index (χ0v) is 12.8. The third-order valence-corrected chi connectivity index (χ3v) is 5.07. The third kappa shape index (κ3) is 2.69. The molecule has 1 aliphatic heterocycles. The molecule has 3 atom stereocenters. The topological polar surface area (TPSA) is 28.2 Å². The van der Waals surface area contributed by atoms with Gasteiger partial charge in [0, 0.05) is 24.8 Å². The van der Waals surface area contributed by atoms with Crippen molar-refractivity contribution in [1.29, 1.82) is 0 Å². The van der Waals surface area contributed by atoms with Crippen molar-refractivity contribution >= 4 is 5.82 Å². The molecular weight excluding hydrogens is 246 g/mol. The van der Waals surface area contributed by atoms with Gasteiger partial charge in [-0.25, -0.2) is 4.98 Å². The molecule has 0 amide bonds. The van der Waals surface area contributed by atoms with Crippen LogP contribution < -0.4 is 10.2 Å². The fraction of sp³-hybridized carbons (Fsp3) is 0.706. The summed E-state index contributed by atoms with van der Waals surface area (Å²) in [6.45, 7) is 6.54. The van der Waals surface area contributed by atoms with Crippen LogP contribution in [0.25, 0.3) is 0 Å². The molecule has 3 unspecified atom stereocenters. The molecule has 20 heavy (non-hydrogen) atoms. The van der Waals surface area contributed by atoms with Gasteiger partial charge in [0.15, 0.2) is 0 Å². The van der Waals surface area contributed by atoms with Crippen molar-refractivity contribution in [2.24, 2.45) is 5.92 Å². The van der Waals surface area contributed by atoms with Gasteiger partial charge in [0.05, 0.1) is 0 Å². The van der Waals surface area contributed by atoms with Crippen molar-refractivity contribution in [2.75, 3.05) is 18.0 Å². The maximum Gasteiger partial charge on any atom is 0.128 e. The summed E-state index contributed by atoms with van der Waals surface area (Å²) in [7, 11) is 0. The van der Waals surface area contributed by atoms with Crippen LogP contribution in [0.2, 0.25) is 0 Å². The quantitative estimate of drug-likeness (QED) is 0.909. The fourth-order valence-corrected chi connectivity index (χ4v) is 3.99. The summed E-state index contributed by atoms with van der Waals surface area (Å²) in [5, 5.41) is 3.44. The van der Waals surface area contributed by atoms with E-state index in [1.54, 1.807) is 0 Å². The van der Waals surface area contributed by atoms with Gasteiger partial charge in [-0.1, -0.05) is 19.4 Å². The average molecular weight is 273 g/mol. The van der Waals surface area contributed by atoms with Gasteiger partial charge in [0.1, 0.15) is 5.82 Å². The molecule has 110 valence electrons. The van der Waals surface area contributed by atoms with Crippen molar-refractivity contribution in [1.82, 2.24) is 10.3 Å². The molecule has 0 bridgehead atoms. The molecule has 2 fully saturated rings. The van der Waals surface area contributed by atoms with Gasteiger partial charge in [0.25, 0.3) is 0 Å². The number of hydrogen-bond donors (Lipinski definition) is 1. The number of anilines is 1. The molecule has 1 saturated carbocycles. The van der Waals surface area contributed by atoms with E-state index >= 15 is 0 Å². The van der Waals surface area contributed by atoms with E-state index in [1.165, 1.54) is 50.0 Å². The van der Waals surface area contributed by atoms with Crippen LogP contribution in [0.15, 0.2) is 18.3 Å². The Morgan fingerprint density at radius 2 is 2.15 bits per heavy atom. The van der Waals surface area contributed by atoms with E-state index in [2.05, 4.69) is 42.4 Å². The van der Waals surface area contributed by atoms with Gasteiger partial charge in [-0.2, -0.15) is 0 Å². The highest BCUT2D eigenvalue weighted by atomic mass is 15.2. The van der Waals surface area contributed by atoms with Crippen molar-refractivity contribution in [3.8, 4) is 0 Å². The summed E-state index contributed by atoms with van der Waals surface area (Å²) >= 11 is 0. The first kappa shape index (κ1) is 13.9. The van der Waals surface area contributed by atoms with Crippen LogP contribution in [-0.4, -0.2) is 24.1 Å². The Hall–Kier alpha value is -1.09. The van der Waals surface area contributed by atoms with Crippen LogP contribution in [0.5, 0.6) is 0 Å². The van der Waals surface area contributed by atoms with Gasteiger partial charge in [-0.15, -0.1) is 0 Å². The standard InChI is InChI=1S/C17H27N3/c1-3-18-13(2)15-9-10-17(19-12-15)20-11-5-7-14-6-4-8-16(14)20/h9-10,12-14,16,18H,3-8,11H2,1-2H3. The van der Waals surface area contributed by atoms with Crippen LogP contribution in [0.4, 0.5) is 5.82 Å². The summed E-state index contributed by atoms with van der Waals surface area (Å²) in [6, 6.07) is 5.62. The van der Waals surface area contributed by atoms with E-state index in [0.29, 0.717) is 6.04 Å². The first-order valence-corrected chi connectivity index (χ1v) is 8.25. The van der Waals surface area contributed by atoms with E-state index in [-0.39, 0.29) is 0 Å². The molecule has 3 heteroatoms. The van der Waals surface area contributed by atoms with Crippen LogP contribution in [-0.2, 0) is 0 Å². The monoisotopic (exact) mass is 273 g/mol. The van der Waals surface area contributed by atoms with E-state index in [1.807, 2.05) is 0 Å². The van der Waals surface area contributed by atoms with Gasteiger partial charge in [0.2, 0.25) is 0 Å². The molecule has 1 aliphatic carbocycles. The Bertz CT molecular complexity index is 428. The van der Waals surface area contributed by atoms with Crippen molar-refractivity contribution in [3.05, 3.63) is 23.9 Å². The second-order valence-electron chi connectivity index (χ2n) is 6.32. The van der Waals surface area contributed by atoms with Crippen LogP contribution in [0, 0.1) is 5.92 Å². The van der Waals surface area contributed by atoms with E-state index in [9.17, 15) is 0 Å². The minimum absolute atomic E-state index is 0.391. The molecule has 0 radical (unpaired) electrons. The van der Waals surface area contributed by atoms with Crippen molar-refractivity contribution in [3.63, 3.8) is 0 Å². The highest BCUT2D eigenvalue weighted by molar-refractivity contribution is 5.42. The minimum atomic E-state index is 0.391. The maximum absolute atomic E-state index is 4.75. The van der Waals surface area contributed by atoms with E-state index < -0.39 is 0 Å². The lowest BCUT2D eigenvalue weighted by molar-refractivity contribution is 0.360. The van der Waals surface area contributed by atoms with Gasteiger partial charge >= 0.3 is 0 Å². The Kier molecular flexibility index (Phi) is 4.25. The molecule has 2 heterocycles. The molecule has 1 aromatic rings. The predicted molar refractivity (Wildman–Crippen MR) is 84.0 cm³/mol. The highest BCUT2D eigenvalue weighted by Gasteiger charge is 2.35. The number of nitrogens with zero attached hydrogens (tertiary/aromatic N) is 2. The summed E-state index contributed by atoms with van der Waals surface area (Å²) in [6.07, 6.45) is 9.01. The Balaban J connectivity index is 1.73. The molecule has 1 saturated heterocycles. The lowest BCUT2D eigenvalue weighted by Crippen LogP contribution is -2.43. The molecular formula is C17H27N3. The Morgan fingerprint density at radius 1 is 1.30 bits per heavy atom. The zero-order chi connectivity index (χ0) is 13.9. The van der Waals surface area contributed by atoms with Crippen LogP contribution in [0.1, 0.15) is 57.6 Å². The summed E-state index contributed by atoms with van der Waals surface area (Å²) in [5.74, 6) is 2.11. The third-order valence-electron chi connectivity index (χ3n) is 5.07. The first-order chi connectivity index (χ1) is 9.79. The van der Waals surface area contributed by atoms with Gasteiger partial charge in [-0.05, 0) is 56.7 Å². The first-order valence-electron chi connectivity index (χ1n) is 8.25. The highest BCUT2D eigenvalue weighted by Crippen LogP contribution is 2.38. The Labute approximate surface area is 122 Å². The lowest BCUT2D eigenvalue weighted by atomic mass is 9.92. The Morgan fingerprint density at radius 3 is 2.90 bits per heavy atom. The number of piperidine rings is 1. The molecule has 1 N–H and O–H groups in total. The normalized spacial score (nSPS) is 27.4. The predicted octanol–water partition coefficient (Wildman–Crippen LogP) is 3.52.